The van der Waals surface area contributed by atoms with Gasteiger partial charge in [-0.05, 0) is 50.1 Å². The number of carbonyl (C=O) groups is 2. The van der Waals surface area contributed by atoms with Crippen LogP contribution in [-0.4, -0.2) is 29.6 Å². The van der Waals surface area contributed by atoms with E-state index in [1.54, 1.807) is 38.1 Å². The van der Waals surface area contributed by atoms with E-state index in [1.807, 2.05) is 0 Å². The van der Waals surface area contributed by atoms with Crippen molar-refractivity contribution in [1.82, 2.24) is 5.32 Å². The van der Waals surface area contributed by atoms with Gasteiger partial charge in [0.2, 0.25) is 0 Å². The van der Waals surface area contributed by atoms with Gasteiger partial charge in [0.25, 0.3) is 11.8 Å². The normalized spacial score (nSPS) is 11.7. The summed E-state index contributed by atoms with van der Waals surface area (Å²) in [4.78, 5) is 24.5. The molecule has 0 fully saturated rings. The maximum Gasteiger partial charge on any atom is 0.258 e. The fraction of sp³-hybridized carbons (Fsp3) is 0.263. The molecule has 2 amide bonds. The lowest BCUT2D eigenvalue weighted by Gasteiger charge is -2.14. The minimum Gasteiger partial charge on any atom is -0.396 e. The van der Waals surface area contributed by atoms with Crippen molar-refractivity contribution < 1.29 is 19.1 Å². The molecule has 0 aliphatic carbocycles. The standard InChI is InChI=1S/C19H21FN2O3/c1-12-7-8-14(18(24)21-13(2)9-10-23)11-17(12)22-19(25)15-5-3-4-6-16(15)20/h3-8,11,13,23H,9-10H2,1-2H3,(H,21,24)(H,22,25). The molecule has 2 rings (SSSR count). The molecule has 0 saturated carbocycles. The fourth-order valence-corrected chi connectivity index (χ4v) is 2.31. The van der Waals surface area contributed by atoms with Gasteiger partial charge in [0, 0.05) is 23.9 Å². The summed E-state index contributed by atoms with van der Waals surface area (Å²) in [6.45, 7) is 3.56. The molecule has 3 N–H and O–H groups in total. The lowest BCUT2D eigenvalue weighted by atomic mass is 10.1. The number of hydrogen-bond donors (Lipinski definition) is 3. The third-order valence-electron chi connectivity index (χ3n) is 3.81. The molecule has 132 valence electrons. The van der Waals surface area contributed by atoms with Gasteiger partial charge in [-0.1, -0.05) is 18.2 Å². The first-order chi connectivity index (χ1) is 11.9. The van der Waals surface area contributed by atoms with Crippen molar-refractivity contribution in [3.8, 4) is 0 Å². The summed E-state index contributed by atoms with van der Waals surface area (Å²) in [6.07, 6.45) is 0.453. The lowest BCUT2D eigenvalue weighted by Crippen LogP contribution is -2.33. The molecule has 0 bridgehead atoms. The first-order valence-electron chi connectivity index (χ1n) is 8.00. The SMILES string of the molecule is Cc1ccc(C(=O)NC(C)CCO)cc1NC(=O)c1ccccc1F. The van der Waals surface area contributed by atoms with Crippen molar-refractivity contribution in [2.45, 2.75) is 26.3 Å². The summed E-state index contributed by atoms with van der Waals surface area (Å²) >= 11 is 0. The Labute approximate surface area is 145 Å². The highest BCUT2D eigenvalue weighted by Crippen LogP contribution is 2.19. The van der Waals surface area contributed by atoms with Crippen LogP contribution in [0.4, 0.5) is 10.1 Å². The molecule has 0 aliphatic heterocycles. The summed E-state index contributed by atoms with van der Waals surface area (Å²) in [5, 5.41) is 14.3. The van der Waals surface area contributed by atoms with Crippen molar-refractivity contribution in [2.24, 2.45) is 0 Å². The van der Waals surface area contributed by atoms with Crippen molar-refractivity contribution >= 4 is 17.5 Å². The third-order valence-corrected chi connectivity index (χ3v) is 3.81. The molecule has 2 aromatic rings. The Morgan fingerprint density at radius 1 is 1.16 bits per heavy atom. The van der Waals surface area contributed by atoms with Crippen LogP contribution in [0.1, 0.15) is 39.6 Å². The average Bonchev–Trinajstić information content (AvgIpc) is 2.57. The number of halogens is 1. The number of benzene rings is 2. The van der Waals surface area contributed by atoms with Crippen molar-refractivity contribution in [3.05, 3.63) is 65.0 Å². The second kappa shape index (κ2) is 8.39. The molecule has 0 spiro atoms. The van der Waals surface area contributed by atoms with E-state index in [9.17, 15) is 14.0 Å². The highest BCUT2D eigenvalue weighted by atomic mass is 19.1. The molecule has 1 unspecified atom stereocenters. The highest BCUT2D eigenvalue weighted by Gasteiger charge is 2.15. The molecule has 0 aromatic heterocycles. The molecule has 5 nitrogen and oxygen atoms in total. The van der Waals surface area contributed by atoms with Gasteiger partial charge in [0.15, 0.2) is 0 Å². The van der Waals surface area contributed by atoms with Gasteiger partial charge in [0.05, 0.1) is 5.56 Å². The number of aryl methyl sites for hydroxylation is 1. The molecular formula is C19H21FN2O3. The van der Waals surface area contributed by atoms with Crippen LogP contribution in [0.15, 0.2) is 42.5 Å². The number of aliphatic hydroxyl groups excluding tert-OH is 1. The number of hydrogen-bond acceptors (Lipinski definition) is 3. The Morgan fingerprint density at radius 2 is 1.88 bits per heavy atom. The van der Waals surface area contributed by atoms with E-state index in [0.717, 1.165) is 5.56 Å². The zero-order valence-corrected chi connectivity index (χ0v) is 14.2. The van der Waals surface area contributed by atoms with Gasteiger partial charge in [-0.2, -0.15) is 0 Å². The second-order valence-electron chi connectivity index (χ2n) is 5.85. The summed E-state index contributed by atoms with van der Waals surface area (Å²) < 4.78 is 13.7. The molecule has 0 radical (unpaired) electrons. The number of anilines is 1. The molecule has 0 aliphatic rings. The van der Waals surface area contributed by atoms with Crippen molar-refractivity contribution in [1.29, 1.82) is 0 Å². The molecule has 25 heavy (non-hydrogen) atoms. The smallest absolute Gasteiger partial charge is 0.258 e. The molecule has 0 heterocycles. The van der Waals surface area contributed by atoms with E-state index < -0.39 is 11.7 Å². The molecule has 0 saturated heterocycles. The molecule has 1 atom stereocenters. The third kappa shape index (κ3) is 4.87. The molecular weight excluding hydrogens is 323 g/mol. The first kappa shape index (κ1) is 18.6. The monoisotopic (exact) mass is 344 g/mol. The van der Waals surface area contributed by atoms with Gasteiger partial charge >= 0.3 is 0 Å². The van der Waals surface area contributed by atoms with Gasteiger partial charge in [0.1, 0.15) is 5.82 Å². The zero-order valence-electron chi connectivity index (χ0n) is 14.2. The topological polar surface area (TPSA) is 78.4 Å². The number of nitrogens with one attached hydrogen (secondary N) is 2. The van der Waals surface area contributed by atoms with E-state index >= 15 is 0 Å². The quantitative estimate of drug-likeness (QED) is 0.754. The minimum atomic E-state index is -0.607. The average molecular weight is 344 g/mol. The fourth-order valence-electron chi connectivity index (χ4n) is 2.31. The van der Waals surface area contributed by atoms with Crippen LogP contribution in [0.5, 0.6) is 0 Å². The van der Waals surface area contributed by atoms with Crippen LogP contribution in [0.2, 0.25) is 0 Å². The Kier molecular flexibility index (Phi) is 6.25. The maximum absolute atomic E-state index is 13.7. The van der Waals surface area contributed by atoms with E-state index in [2.05, 4.69) is 10.6 Å². The maximum atomic E-state index is 13.7. The van der Waals surface area contributed by atoms with Gasteiger partial charge in [-0.3, -0.25) is 9.59 Å². The van der Waals surface area contributed by atoms with E-state index in [0.29, 0.717) is 17.7 Å². The molecule has 6 heteroatoms. The van der Waals surface area contributed by atoms with Crippen LogP contribution in [0, 0.1) is 12.7 Å². The number of aliphatic hydroxyl groups is 1. The largest absolute Gasteiger partial charge is 0.396 e. The van der Waals surface area contributed by atoms with Crippen LogP contribution in [-0.2, 0) is 0 Å². The van der Waals surface area contributed by atoms with Crippen LogP contribution in [0.25, 0.3) is 0 Å². The van der Waals surface area contributed by atoms with Crippen LogP contribution in [0.3, 0.4) is 0 Å². The van der Waals surface area contributed by atoms with E-state index in [-0.39, 0.29) is 24.1 Å². The second-order valence-corrected chi connectivity index (χ2v) is 5.85. The number of carbonyl (C=O) groups excluding carboxylic acids is 2. The predicted molar refractivity (Wildman–Crippen MR) is 94.2 cm³/mol. The Morgan fingerprint density at radius 3 is 2.56 bits per heavy atom. The summed E-state index contributed by atoms with van der Waals surface area (Å²) in [5.74, 6) is -1.49. The number of amides is 2. The van der Waals surface area contributed by atoms with Crippen LogP contribution < -0.4 is 10.6 Å². The van der Waals surface area contributed by atoms with E-state index in [1.165, 1.54) is 18.2 Å². The van der Waals surface area contributed by atoms with E-state index in [4.69, 9.17) is 5.11 Å². The Balaban J connectivity index is 2.17. The van der Waals surface area contributed by atoms with Gasteiger partial charge in [-0.15, -0.1) is 0 Å². The first-order valence-corrected chi connectivity index (χ1v) is 8.00. The van der Waals surface area contributed by atoms with Crippen molar-refractivity contribution in [3.63, 3.8) is 0 Å². The summed E-state index contributed by atoms with van der Waals surface area (Å²) in [5.41, 5.74) is 1.51. The highest BCUT2D eigenvalue weighted by molar-refractivity contribution is 6.05. The van der Waals surface area contributed by atoms with Gasteiger partial charge in [-0.25, -0.2) is 4.39 Å². The lowest BCUT2D eigenvalue weighted by molar-refractivity contribution is 0.0933. The Bertz CT molecular complexity index is 777. The predicted octanol–water partition coefficient (Wildman–Crippen LogP) is 2.89. The van der Waals surface area contributed by atoms with Crippen LogP contribution >= 0.6 is 0 Å². The zero-order chi connectivity index (χ0) is 18.4. The Hall–Kier alpha value is -2.73. The van der Waals surface area contributed by atoms with Gasteiger partial charge < -0.3 is 15.7 Å². The van der Waals surface area contributed by atoms with Crippen molar-refractivity contribution in [2.75, 3.05) is 11.9 Å². The summed E-state index contributed by atoms with van der Waals surface area (Å²) in [6, 6.07) is 10.4. The molecule has 2 aromatic carbocycles. The minimum absolute atomic E-state index is 0.0146. The summed E-state index contributed by atoms with van der Waals surface area (Å²) in [7, 11) is 0. The number of rotatable bonds is 6.